The second kappa shape index (κ2) is 8.27. The Morgan fingerprint density at radius 1 is 1.13 bits per heavy atom. The summed E-state index contributed by atoms with van der Waals surface area (Å²) in [7, 11) is 0. The zero-order valence-electron chi connectivity index (χ0n) is 14.0. The van der Waals surface area contributed by atoms with Crippen LogP contribution in [0.4, 0.5) is 11.5 Å². The van der Waals surface area contributed by atoms with Gasteiger partial charge in [0.15, 0.2) is 0 Å². The highest BCUT2D eigenvalue weighted by Gasteiger charge is 2.10. The maximum Gasteiger partial charge on any atom is 0.270 e. The van der Waals surface area contributed by atoms with E-state index in [1.807, 2.05) is 31.2 Å². The summed E-state index contributed by atoms with van der Waals surface area (Å²) in [5, 5.41) is 6.13. The highest BCUT2D eigenvalue weighted by molar-refractivity contribution is 5.93. The van der Waals surface area contributed by atoms with Crippen LogP contribution < -0.4 is 10.6 Å². The summed E-state index contributed by atoms with van der Waals surface area (Å²) in [5.74, 6) is 1.04. The van der Waals surface area contributed by atoms with Gasteiger partial charge in [0, 0.05) is 18.3 Å². The van der Waals surface area contributed by atoms with Gasteiger partial charge in [-0.3, -0.25) is 4.79 Å². The molecule has 2 N–H and O–H groups in total. The molecule has 0 unspecified atom stereocenters. The number of hydrogen-bond donors (Lipinski definition) is 2. The van der Waals surface area contributed by atoms with Crippen LogP contribution in [0.25, 0.3) is 0 Å². The van der Waals surface area contributed by atoms with Crippen molar-refractivity contribution in [2.24, 2.45) is 0 Å². The van der Waals surface area contributed by atoms with Gasteiger partial charge >= 0.3 is 0 Å². The van der Waals surface area contributed by atoms with Crippen LogP contribution in [0.2, 0.25) is 0 Å². The Balaban J connectivity index is 2.07. The van der Waals surface area contributed by atoms with Crippen LogP contribution in [-0.4, -0.2) is 22.4 Å². The standard InChI is InChI=1S/C18H24N4O/c1-4-5-6-10-19-18(23)16-12-17(21-14(3)20-16)22-15-9-7-8-13(2)11-15/h7-9,11-12H,4-6,10H2,1-3H3,(H,19,23)(H,20,21,22). The first-order valence-corrected chi connectivity index (χ1v) is 8.06. The van der Waals surface area contributed by atoms with Gasteiger partial charge < -0.3 is 10.6 Å². The van der Waals surface area contributed by atoms with Gasteiger partial charge in [-0.2, -0.15) is 0 Å². The number of anilines is 2. The normalized spacial score (nSPS) is 10.4. The van der Waals surface area contributed by atoms with Gasteiger partial charge in [0.05, 0.1) is 0 Å². The highest BCUT2D eigenvalue weighted by Crippen LogP contribution is 2.16. The zero-order valence-corrected chi connectivity index (χ0v) is 14.0. The number of aromatic nitrogens is 2. The predicted octanol–water partition coefficient (Wildman–Crippen LogP) is 3.76. The van der Waals surface area contributed by atoms with Crippen molar-refractivity contribution in [1.82, 2.24) is 15.3 Å². The van der Waals surface area contributed by atoms with Crippen molar-refractivity contribution in [3.8, 4) is 0 Å². The molecule has 0 radical (unpaired) electrons. The number of rotatable bonds is 7. The number of aryl methyl sites for hydroxylation is 2. The molecule has 2 aromatic rings. The minimum Gasteiger partial charge on any atom is -0.351 e. The summed E-state index contributed by atoms with van der Waals surface area (Å²) in [4.78, 5) is 20.8. The molecular weight excluding hydrogens is 288 g/mol. The van der Waals surface area contributed by atoms with Gasteiger partial charge in [-0.1, -0.05) is 31.9 Å². The Morgan fingerprint density at radius 3 is 2.70 bits per heavy atom. The Labute approximate surface area is 137 Å². The number of carbonyl (C=O) groups excluding carboxylic acids is 1. The lowest BCUT2D eigenvalue weighted by Gasteiger charge is -2.09. The molecule has 0 aliphatic carbocycles. The van der Waals surface area contributed by atoms with E-state index in [4.69, 9.17) is 0 Å². The predicted molar refractivity (Wildman–Crippen MR) is 93.1 cm³/mol. The molecule has 1 aromatic heterocycles. The van der Waals surface area contributed by atoms with Gasteiger partial charge in [-0.05, 0) is 38.0 Å². The van der Waals surface area contributed by atoms with Crippen molar-refractivity contribution in [2.75, 3.05) is 11.9 Å². The topological polar surface area (TPSA) is 66.9 Å². The van der Waals surface area contributed by atoms with Crippen LogP contribution in [0.3, 0.4) is 0 Å². The third kappa shape index (κ3) is 5.36. The van der Waals surface area contributed by atoms with Crippen LogP contribution in [-0.2, 0) is 0 Å². The van der Waals surface area contributed by atoms with E-state index in [1.54, 1.807) is 13.0 Å². The lowest BCUT2D eigenvalue weighted by atomic mass is 10.2. The monoisotopic (exact) mass is 312 g/mol. The van der Waals surface area contributed by atoms with E-state index in [0.717, 1.165) is 30.5 Å². The minimum atomic E-state index is -0.154. The van der Waals surface area contributed by atoms with E-state index in [1.165, 1.54) is 0 Å². The SMILES string of the molecule is CCCCCNC(=O)c1cc(Nc2cccc(C)c2)nc(C)n1. The van der Waals surface area contributed by atoms with Crippen LogP contribution in [0.1, 0.15) is 48.1 Å². The smallest absolute Gasteiger partial charge is 0.270 e. The van der Waals surface area contributed by atoms with Crippen LogP contribution in [0, 0.1) is 13.8 Å². The number of amides is 1. The molecule has 122 valence electrons. The van der Waals surface area contributed by atoms with Gasteiger partial charge in [0.2, 0.25) is 0 Å². The van der Waals surface area contributed by atoms with Gasteiger partial charge in [0.25, 0.3) is 5.91 Å². The molecule has 0 bridgehead atoms. The maximum atomic E-state index is 12.2. The van der Waals surface area contributed by atoms with E-state index in [2.05, 4.69) is 27.5 Å². The maximum absolute atomic E-state index is 12.2. The summed E-state index contributed by atoms with van der Waals surface area (Å²) in [6.45, 7) is 6.64. The highest BCUT2D eigenvalue weighted by atomic mass is 16.1. The Morgan fingerprint density at radius 2 is 1.96 bits per heavy atom. The average molecular weight is 312 g/mol. The molecule has 1 aromatic carbocycles. The largest absolute Gasteiger partial charge is 0.351 e. The summed E-state index contributed by atoms with van der Waals surface area (Å²) in [6, 6.07) is 9.69. The first kappa shape index (κ1) is 16.9. The van der Waals surface area contributed by atoms with Crippen molar-refractivity contribution in [3.05, 3.63) is 47.4 Å². The second-order valence-corrected chi connectivity index (χ2v) is 5.64. The minimum absolute atomic E-state index is 0.154. The van der Waals surface area contributed by atoms with Crippen molar-refractivity contribution in [3.63, 3.8) is 0 Å². The lowest BCUT2D eigenvalue weighted by Crippen LogP contribution is -2.25. The number of nitrogens with one attached hydrogen (secondary N) is 2. The van der Waals surface area contributed by atoms with Gasteiger partial charge in [-0.15, -0.1) is 0 Å². The third-order valence-corrected chi connectivity index (χ3v) is 3.43. The van der Waals surface area contributed by atoms with Gasteiger partial charge in [-0.25, -0.2) is 9.97 Å². The Hall–Kier alpha value is -2.43. The van der Waals surface area contributed by atoms with Crippen LogP contribution in [0.5, 0.6) is 0 Å². The quantitative estimate of drug-likeness (QED) is 0.764. The average Bonchev–Trinajstić information content (AvgIpc) is 2.51. The molecule has 0 atom stereocenters. The first-order valence-electron chi connectivity index (χ1n) is 8.06. The zero-order chi connectivity index (χ0) is 16.7. The lowest BCUT2D eigenvalue weighted by molar-refractivity contribution is 0.0947. The van der Waals surface area contributed by atoms with E-state index >= 15 is 0 Å². The van der Waals surface area contributed by atoms with Crippen molar-refractivity contribution < 1.29 is 4.79 Å². The molecule has 0 saturated heterocycles. The van der Waals surface area contributed by atoms with E-state index in [9.17, 15) is 4.79 Å². The molecule has 0 spiro atoms. The fourth-order valence-corrected chi connectivity index (χ4v) is 2.29. The first-order chi connectivity index (χ1) is 11.1. The number of benzene rings is 1. The number of hydrogen-bond acceptors (Lipinski definition) is 4. The Bertz CT molecular complexity index is 670. The van der Waals surface area contributed by atoms with Crippen molar-refractivity contribution in [2.45, 2.75) is 40.0 Å². The fraction of sp³-hybridized carbons (Fsp3) is 0.389. The molecule has 0 aliphatic heterocycles. The summed E-state index contributed by atoms with van der Waals surface area (Å²) in [5.41, 5.74) is 2.50. The molecule has 5 nitrogen and oxygen atoms in total. The van der Waals surface area contributed by atoms with E-state index < -0.39 is 0 Å². The molecule has 0 saturated carbocycles. The molecule has 0 fully saturated rings. The summed E-state index contributed by atoms with van der Waals surface area (Å²) >= 11 is 0. The van der Waals surface area contributed by atoms with Crippen LogP contribution in [0.15, 0.2) is 30.3 Å². The Kier molecular flexibility index (Phi) is 6.09. The van der Waals surface area contributed by atoms with E-state index in [-0.39, 0.29) is 5.91 Å². The third-order valence-electron chi connectivity index (χ3n) is 3.43. The molecule has 2 rings (SSSR count). The fourth-order valence-electron chi connectivity index (χ4n) is 2.29. The molecule has 1 amide bonds. The number of carbonyl (C=O) groups is 1. The molecule has 5 heteroatoms. The second-order valence-electron chi connectivity index (χ2n) is 5.64. The van der Waals surface area contributed by atoms with Gasteiger partial charge in [0.1, 0.15) is 17.3 Å². The molecule has 1 heterocycles. The number of unbranched alkanes of at least 4 members (excludes halogenated alkanes) is 2. The molecule has 23 heavy (non-hydrogen) atoms. The van der Waals surface area contributed by atoms with Crippen LogP contribution >= 0.6 is 0 Å². The molecular formula is C18H24N4O. The number of nitrogens with zero attached hydrogens (tertiary/aromatic N) is 2. The van der Waals surface area contributed by atoms with Crippen molar-refractivity contribution >= 4 is 17.4 Å². The van der Waals surface area contributed by atoms with E-state index in [0.29, 0.717) is 23.9 Å². The summed E-state index contributed by atoms with van der Waals surface area (Å²) in [6.07, 6.45) is 3.23. The van der Waals surface area contributed by atoms with Crippen molar-refractivity contribution in [1.29, 1.82) is 0 Å². The molecule has 0 aliphatic rings. The summed E-state index contributed by atoms with van der Waals surface area (Å²) < 4.78 is 0.